The van der Waals surface area contributed by atoms with Crippen LogP contribution < -0.4 is 10.0 Å². The zero-order chi connectivity index (χ0) is 20.7. The van der Waals surface area contributed by atoms with E-state index >= 15 is 0 Å². The van der Waals surface area contributed by atoms with Gasteiger partial charge in [-0.3, -0.25) is 9.52 Å². The largest absolute Gasteiger partial charge is 0.508 e. The van der Waals surface area contributed by atoms with Gasteiger partial charge in [0.1, 0.15) is 5.75 Å². The molecule has 0 bridgehead atoms. The second kappa shape index (κ2) is 9.25. The van der Waals surface area contributed by atoms with E-state index in [-0.39, 0.29) is 16.6 Å². The summed E-state index contributed by atoms with van der Waals surface area (Å²) >= 11 is 0. The van der Waals surface area contributed by atoms with Gasteiger partial charge in [-0.05, 0) is 66.9 Å². The quantitative estimate of drug-likeness (QED) is 0.495. The average molecular weight is 410 g/mol. The Morgan fingerprint density at radius 2 is 1.52 bits per heavy atom. The predicted molar refractivity (Wildman–Crippen MR) is 112 cm³/mol. The molecule has 3 rings (SSSR count). The summed E-state index contributed by atoms with van der Waals surface area (Å²) in [6, 6.07) is 21.4. The summed E-state index contributed by atoms with van der Waals surface area (Å²) in [6.07, 6.45) is 1.53. The Balaban J connectivity index is 1.52. The lowest BCUT2D eigenvalue weighted by Gasteiger charge is -2.09. The number of anilines is 1. The fourth-order valence-electron chi connectivity index (χ4n) is 2.76. The van der Waals surface area contributed by atoms with Crippen molar-refractivity contribution in [1.29, 1.82) is 0 Å². The van der Waals surface area contributed by atoms with Gasteiger partial charge in [-0.2, -0.15) is 0 Å². The van der Waals surface area contributed by atoms with Gasteiger partial charge in [-0.1, -0.05) is 30.3 Å². The molecule has 7 heteroatoms. The number of rotatable bonds is 8. The molecule has 29 heavy (non-hydrogen) atoms. The zero-order valence-corrected chi connectivity index (χ0v) is 16.5. The summed E-state index contributed by atoms with van der Waals surface area (Å²) in [6.45, 7) is 0.495. The molecular weight excluding hydrogens is 388 g/mol. The Labute approximate surface area is 170 Å². The number of carbonyl (C=O) groups excluding carboxylic acids is 1. The van der Waals surface area contributed by atoms with E-state index in [0.29, 0.717) is 17.8 Å². The Kier molecular flexibility index (Phi) is 6.51. The van der Waals surface area contributed by atoms with Crippen molar-refractivity contribution < 1.29 is 18.3 Å². The van der Waals surface area contributed by atoms with E-state index in [4.69, 9.17) is 0 Å². The number of para-hydroxylation sites is 1. The van der Waals surface area contributed by atoms with Crippen LogP contribution in [-0.2, 0) is 16.4 Å². The first kappa shape index (κ1) is 20.4. The fourth-order valence-corrected chi connectivity index (χ4v) is 3.82. The second-order valence-electron chi connectivity index (χ2n) is 6.52. The highest BCUT2D eigenvalue weighted by Crippen LogP contribution is 2.16. The molecule has 0 heterocycles. The summed E-state index contributed by atoms with van der Waals surface area (Å²) in [5.74, 6) is -0.0258. The number of aromatic hydroxyl groups is 1. The molecule has 0 saturated heterocycles. The number of sulfonamides is 1. The normalized spacial score (nSPS) is 11.0. The summed E-state index contributed by atoms with van der Waals surface area (Å²) in [5.41, 5.74) is 1.95. The van der Waals surface area contributed by atoms with Crippen molar-refractivity contribution >= 4 is 21.6 Å². The highest BCUT2D eigenvalue weighted by molar-refractivity contribution is 7.92. The minimum atomic E-state index is -3.71. The number of phenolic OH excluding ortho intramolecular Hbond substituents is 1. The van der Waals surface area contributed by atoms with Gasteiger partial charge < -0.3 is 10.4 Å². The van der Waals surface area contributed by atoms with Crippen molar-refractivity contribution in [2.45, 2.75) is 17.7 Å². The van der Waals surface area contributed by atoms with E-state index in [0.717, 1.165) is 18.4 Å². The van der Waals surface area contributed by atoms with Crippen LogP contribution in [0, 0.1) is 0 Å². The van der Waals surface area contributed by atoms with Crippen LogP contribution in [0.15, 0.2) is 83.8 Å². The SMILES string of the molecule is O=C(NCCCc1ccc(O)cc1)c1ccc(S(=O)(=O)Nc2ccccc2)cc1. The number of amides is 1. The van der Waals surface area contributed by atoms with Crippen molar-refractivity contribution in [2.75, 3.05) is 11.3 Å². The van der Waals surface area contributed by atoms with Crippen LogP contribution >= 0.6 is 0 Å². The summed E-state index contributed by atoms with van der Waals surface area (Å²) < 4.78 is 27.3. The van der Waals surface area contributed by atoms with Crippen molar-refractivity contribution in [3.8, 4) is 5.75 Å². The third-order valence-corrected chi connectivity index (χ3v) is 5.71. The molecule has 3 aromatic rings. The first-order valence-electron chi connectivity index (χ1n) is 9.18. The first-order chi connectivity index (χ1) is 13.9. The molecule has 0 saturated carbocycles. The highest BCUT2D eigenvalue weighted by atomic mass is 32.2. The first-order valence-corrected chi connectivity index (χ1v) is 10.7. The molecule has 0 spiro atoms. The van der Waals surface area contributed by atoms with Crippen molar-refractivity contribution in [2.24, 2.45) is 0 Å². The molecule has 3 N–H and O–H groups in total. The number of hydrogen-bond donors (Lipinski definition) is 3. The van der Waals surface area contributed by atoms with Gasteiger partial charge in [0.05, 0.1) is 4.90 Å². The maximum Gasteiger partial charge on any atom is 0.261 e. The monoisotopic (exact) mass is 410 g/mol. The number of carbonyl (C=O) groups is 1. The van der Waals surface area contributed by atoms with Crippen LogP contribution in [0.2, 0.25) is 0 Å². The fraction of sp³-hybridized carbons (Fsp3) is 0.136. The average Bonchev–Trinajstić information content (AvgIpc) is 2.73. The molecule has 0 unspecified atom stereocenters. The van der Waals surface area contributed by atoms with Gasteiger partial charge >= 0.3 is 0 Å². The maximum absolute atomic E-state index is 12.4. The van der Waals surface area contributed by atoms with Gasteiger partial charge in [-0.15, -0.1) is 0 Å². The molecule has 0 aliphatic heterocycles. The lowest BCUT2D eigenvalue weighted by molar-refractivity contribution is 0.0953. The van der Waals surface area contributed by atoms with Crippen LogP contribution in [0.25, 0.3) is 0 Å². The third-order valence-electron chi connectivity index (χ3n) is 4.32. The number of aryl methyl sites for hydroxylation is 1. The van der Waals surface area contributed by atoms with Gasteiger partial charge in [0.15, 0.2) is 0 Å². The van der Waals surface area contributed by atoms with E-state index in [2.05, 4.69) is 10.0 Å². The van der Waals surface area contributed by atoms with Crippen LogP contribution in [0.1, 0.15) is 22.3 Å². The van der Waals surface area contributed by atoms with Crippen LogP contribution in [-0.4, -0.2) is 26.0 Å². The molecule has 0 aromatic heterocycles. The molecule has 0 atom stereocenters. The van der Waals surface area contributed by atoms with E-state index in [1.165, 1.54) is 24.3 Å². The van der Waals surface area contributed by atoms with Crippen LogP contribution in [0.5, 0.6) is 5.75 Å². The molecule has 3 aromatic carbocycles. The molecule has 0 fully saturated rings. The van der Waals surface area contributed by atoms with Gasteiger partial charge in [0.25, 0.3) is 15.9 Å². The molecule has 0 aliphatic carbocycles. The zero-order valence-electron chi connectivity index (χ0n) is 15.7. The topological polar surface area (TPSA) is 95.5 Å². The van der Waals surface area contributed by atoms with Crippen molar-refractivity contribution in [3.05, 3.63) is 90.0 Å². The van der Waals surface area contributed by atoms with Crippen molar-refractivity contribution in [1.82, 2.24) is 5.32 Å². The van der Waals surface area contributed by atoms with Gasteiger partial charge in [0.2, 0.25) is 0 Å². The smallest absolute Gasteiger partial charge is 0.261 e. The lowest BCUT2D eigenvalue weighted by Crippen LogP contribution is -2.24. The predicted octanol–water partition coefficient (Wildman–Crippen LogP) is 3.56. The molecular formula is C22H22N2O4S. The standard InChI is InChI=1S/C22H22N2O4S/c25-20-12-8-17(9-13-20)5-4-16-23-22(26)18-10-14-21(15-11-18)29(27,28)24-19-6-2-1-3-7-19/h1-3,6-15,24-25H,4-5,16H2,(H,23,26). The minimum Gasteiger partial charge on any atom is -0.508 e. The second-order valence-corrected chi connectivity index (χ2v) is 8.20. The van der Waals surface area contributed by atoms with Gasteiger partial charge in [-0.25, -0.2) is 8.42 Å². The van der Waals surface area contributed by atoms with E-state index < -0.39 is 10.0 Å². The molecule has 6 nitrogen and oxygen atoms in total. The Morgan fingerprint density at radius 3 is 2.17 bits per heavy atom. The Hall–Kier alpha value is -3.32. The van der Waals surface area contributed by atoms with E-state index in [1.54, 1.807) is 42.5 Å². The third kappa shape index (κ3) is 5.83. The number of benzene rings is 3. The summed E-state index contributed by atoms with van der Waals surface area (Å²) in [7, 11) is -3.71. The van der Waals surface area contributed by atoms with Crippen molar-refractivity contribution in [3.63, 3.8) is 0 Å². The number of phenols is 1. The molecule has 150 valence electrons. The minimum absolute atomic E-state index is 0.0882. The van der Waals surface area contributed by atoms with Gasteiger partial charge in [0, 0.05) is 17.8 Å². The van der Waals surface area contributed by atoms with E-state index in [9.17, 15) is 18.3 Å². The number of nitrogens with one attached hydrogen (secondary N) is 2. The highest BCUT2D eigenvalue weighted by Gasteiger charge is 2.15. The van der Waals surface area contributed by atoms with Crippen LogP contribution in [0.3, 0.4) is 0 Å². The lowest BCUT2D eigenvalue weighted by atomic mass is 10.1. The maximum atomic E-state index is 12.4. The Bertz CT molecular complexity index is 1050. The summed E-state index contributed by atoms with van der Waals surface area (Å²) in [5, 5.41) is 12.1. The molecule has 0 radical (unpaired) electrons. The Morgan fingerprint density at radius 1 is 0.862 bits per heavy atom. The summed E-state index contributed by atoms with van der Waals surface area (Å²) in [4.78, 5) is 12.3. The number of hydrogen-bond acceptors (Lipinski definition) is 4. The molecule has 0 aliphatic rings. The van der Waals surface area contributed by atoms with Crippen LogP contribution in [0.4, 0.5) is 5.69 Å². The van der Waals surface area contributed by atoms with E-state index in [1.807, 2.05) is 12.1 Å². The molecule has 1 amide bonds.